The van der Waals surface area contributed by atoms with Gasteiger partial charge in [0, 0.05) is 12.1 Å². The summed E-state index contributed by atoms with van der Waals surface area (Å²) in [7, 11) is -4.06. The molecule has 0 saturated heterocycles. The van der Waals surface area contributed by atoms with Crippen molar-refractivity contribution in [2.24, 2.45) is 0 Å². The lowest BCUT2D eigenvalue weighted by molar-refractivity contribution is 0.553. The molecule has 0 aliphatic rings. The third-order valence-corrected chi connectivity index (χ3v) is 5.07. The van der Waals surface area contributed by atoms with Crippen LogP contribution in [-0.2, 0) is 10.0 Å². The fourth-order valence-electron chi connectivity index (χ4n) is 2.31. The molecule has 0 aliphatic heterocycles. The molecule has 1 N–H and O–H groups in total. The first-order valence-electron chi connectivity index (χ1n) is 7.28. The van der Waals surface area contributed by atoms with Crippen molar-refractivity contribution in [2.75, 3.05) is 0 Å². The van der Waals surface area contributed by atoms with Crippen molar-refractivity contribution in [1.29, 1.82) is 0 Å². The van der Waals surface area contributed by atoms with Crippen LogP contribution in [0.15, 0.2) is 60.0 Å². The normalized spacial score (nSPS) is 12.9. The van der Waals surface area contributed by atoms with E-state index in [2.05, 4.69) is 14.8 Å². The highest BCUT2D eigenvalue weighted by Gasteiger charge is 2.20. The largest absolute Gasteiger partial charge is 0.241 e. The zero-order valence-electron chi connectivity index (χ0n) is 13.1. The SMILES string of the molecule is C[C@H](NS(=O)(=O)c1cc(F)cc(F)c1)c1ccc(-n2cncn2)cc1. The van der Waals surface area contributed by atoms with Gasteiger partial charge in [0.25, 0.3) is 0 Å². The zero-order valence-corrected chi connectivity index (χ0v) is 13.9. The Bertz CT molecular complexity index is 954. The molecule has 3 aromatic rings. The number of hydrogen-bond donors (Lipinski definition) is 1. The molecule has 3 rings (SSSR count). The number of nitrogens with one attached hydrogen (secondary N) is 1. The molecule has 0 bridgehead atoms. The molecule has 0 aliphatic carbocycles. The lowest BCUT2D eigenvalue weighted by Crippen LogP contribution is -2.27. The van der Waals surface area contributed by atoms with Gasteiger partial charge in [0.15, 0.2) is 0 Å². The van der Waals surface area contributed by atoms with Crippen LogP contribution in [0, 0.1) is 11.6 Å². The Morgan fingerprint density at radius 2 is 1.72 bits per heavy atom. The minimum atomic E-state index is -4.06. The van der Waals surface area contributed by atoms with Crippen LogP contribution in [0.3, 0.4) is 0 Å². The van der Waals surface area contributed by atoms with E-state index in [1.807, 2.05) is 0 Å². The van der Waals surface area contributed by atoms with E-state index in [1.165, 1.54) is 6.33 Å². The quantitative estimate of drug-likeness (QED) is 0.755. The van der Waals surface area contributed by atoms with E-state index in [0.29, 0.717) is 11.6 Å². The number of hydrogen-bond acceptors (Lipinski definition) is 4. The number of sulfonamides is 1. The van der Waals surface area contributed by atoms with Crippen molar-refractivity contribution in [3.8, 4) is 5.69 Å². The van der Waals surface area contributed by atoms with Crippen LogP contribution < -0.4 is 4.72 Å². The Balaban J connectivity index is 1.80. The molecule has 130 valence electrons. The summed E-state index contributed by atoms with van der Waals surface area (Å²) >= 11 is 0. The number of halogens is 2. The molecule has 0 amide bonds. The minimum absolute atomic E-state index is 0.462. The molecule has 1 heterocycles. The minimum Gasteiger partial charge on any atom is -0.223 e. The Morgan fingerprint density at radius 1 is 1.08 bits per heavy atom. The summed E-state index contributed by atoms with van der Waals surface area (Å²) in [5.74, 6) is -1.91. The van der Waals surface area contributed by atoms with Gasteiger partial charge >= 0.3 is 0 Å². The highest BCUT2D eigenvalue weighted by Crippen LogP contribution is 2.20. The van der Waals surface area contributed by atoms with Crippen molar-refractivity contribution in [3.63, 3.8) is 0 Å². The van der Waals surface area contributed by atoms with E-state index in [9.17, 15) is 17.2 Å². The number of aromatic nitrogens is 3. The van der Waals surface area contributed by atoms with Crippen LogP contribution in [0.5, 0.6) is 0 Å². The first-order valence-corrected chi connectivity index (χ1v) is 8.77. The van der Waals surface area contributed by atoms with Gasteiger partial charge < -0.3 is 0 Å². The van der Waals surface area contributed by atoms with E-state index in [1.54, 1.807) is 42.2 Å². The molecule has 25 heavy (non-hydrogen) atoms. The Kier molecular flexibility index (Phi) is 4.60. The third kappa shape index (κ3) is 3.89. The second-order valence-electron chi connectivity index (χ2n) is 5.38. The van der Waals surface area contributed by atoms with Gasteiger partial charge in [-0.1, -0.05) is 12.1 Å². The predicted octanol–water partition coefficient (Wildman–Crippen LogP) is 2.59. The van der Waals surface area contributed by atoms with Gasteiger partial charge in [-0.2, -0.15) is 5.10 Å². The van der Waals surface area contributed by atoms with Crippen molar-refractivity contribution < 1.29 is 17.2 Å². The number of rotatable bonds is 5. The van der Waals surface area contributed by atoms with Crippen LogP contribution in [0.4, 0.5) is 8.78 Å². The van der Waals surface area contributed by atoms with Gasteiger partial charge in [-0.15, -0.1) is 0 Å². The molecule has 2 aromatic carbocycles. The lowest BCUT2D eigenvalue weighted by atomic mass is 10.1. The summed E-state index contributed by atoms with van der Waals surface area (Å²) in [4.78, 5) is 3.39. The predicted molar refractivity (Wildman–Crippen MR) is 86.5 cm³/mol. The van der Waals surface area contributed by atoms with Crippen molar-refractivity contribution in [2.45, 2.75) is 17.9 Å². The average molecular weight is 364 g/mol. The first-order chi connectivity index (χ1) is 11.8. The van der Waals surface area contributed by atoms with Gasteiger partial charge in [-0.3, -0.25) is 0 Å². The fourth-order valence-corrected chi connectivity index (χ4v) is 3.58. The Hall–Kier alpha value is -2.65. The van der Waals surface area contributed by atoms with E-state index >= 15 is 0 Å². The molecular formula is C16H14F2N4O2S. The highest BCUT2D eigenvalue weighted by atomic mass is 32.2. The van der Waals surface area contributed by atoms with E-state index < -0.39 is 32.6 Å². The first kappa shape index (κ1) is 17.2. The van der Waals surface area contributed by atoms with Crippen LogP contribution >= 0.6 is 0 Å². The number of benzene rings is 2. The van der Waals surface area contributed by atoms with E-state index in [4.69, 9.17) is 0 Å². The van der Waals surface area contributed by atoms with Gasteiger partial charge in [-0.05, 0) is 36.8 Å². The van der Waals surface area contributed by atoms with Crippen LogP contribution in [-0.4, -0.2) is 23.2 Å². The van der Waals surface area contributed by atoms with Gasteiger partial charge in [0.1, 0.15) is 24.3 Å². The lowest BCUT2D eigenvalue weighted by Gasteiger charge is -2.15. The summed E-state index contributed by atoms with van der Waals surface area (Å²) < 4.78 is 55.1. The van der Waals surface area contributed by atoms with Gasteiger partial charge in [-0.25, -0.2) is 31.6 Å². The maximum atomic E-state index is 13.3. The second-order valence-corrected chi connectivity index (χ2v) is 7.09. The molecule has 0 spiro atoms. The molecule has 0 unspecified atom stereocenters. The Morgan fingerprint density at radius 3 is 2.28 bits per heavy atom. The maximum Gasteiger partial charge on any atom is 0.241 e. The molecule has 1 atom stereocenters. The monoisotopic (exact) mass is 364 g/mol. The maximum absolute atomic E-state index is 13.3. The molecular weight excluding hydrogens is 350 g/mol. The van der Waals surface area contributed by atoms with Gasteiger partial charge in [0.05, 0.1) is 10.6 Å². The van der Waals surface area contributed by atoms with Crippen LogP contribution in [0.2, 0.25) is 0 Å². The fraction of sp³-hybridized carbons (Fsp3) is 0.125. The van der Waals surface area contributed by atoms with Crippen LogP contribution in [0.25, 0.3) is 5.69 Å². The molecule has 0 saturated carbocycles. The van der Waals surface area contributed by atoms with E-state index in [-0.39, 0.29) is 0 Å². The number of nitrogens with zero attached hydrogens (tertiary/aromatic N) is 3. The Labute approximate surface area is 143 Å². The summed E-state index contributed by atoms with van der Waals surface area (Å²) in [5, 5.41) is 4.00. The molecule has 1 aromatic heterocycles. The topological polar surface area (TPSA) is 76.9 Å². The second kappa shape index (κ2) is 6.69. The van der Waals surface area contributed by atoms with Gasteiger partial charge in [0.2, 0.25) is 10.0 Å². The summed E-state index contributed by atoms with van der Waals surface area (Å²) in [6.45, 7) is 1.64. The highest BCUT2D eigenvalue weighted by molar-refractivity contribution is 7.89. The summed E-state index contributed by atoms with van der Waals surface area (Å²) in [6, 6.07) is 8.55. The summed E-state index contributed by atoms with van der Waals surface area (Å²) in [6.07, 6.45) is 2.95. The van der Waals surface area contributed by atoms with Crippen molar-refractivity contribution in [3.05, 3.63) is 72.3 Å². The summed E-state index contributed by atoms with van der Waals surface area (Å²) in [5.41, 5.74) is 1.45. The third-order valence-electron chi connectivity index (χ3n) is 3.55. The van der Waals surface area contributed by atoms with Crippen molar-refractivity contribution >= 4 is 10.0 Å². The molecule has 0 fully saturated rings. The van der Waals surface area contributed by atoms with Crippen LogP contribution in [0.1, 0.15) is 18.5 Å². The molecule has 6 nitrogen and oxygen atoms in total. The standard InChI is InChI=1S/C16H14F2N4O2S/c1-11(12-2-4-15(5-3-12)22-10-19-9-20-22)21-25(23,24)16-7-13(17)6-14(18)8-16/h2-11,21H,1H3/t11-/m0/s1. The molecule has 0 radical (unpaired) electrons. The van der Waals surface area contributed by atoms with E-state index in [0.717, 1.165) is 17.8 Å². The smallest absolute Gasteiger partial charge is 0.223 e. The molecule has 9 heteroatoms. The average Bonchev–Trinajstić information content (AvgIpc) is 3.08. The zero-order chi connectivity index (χ0) is 18.0. The van der Waals surface area contributed by atoms with Crippen molar-refractivity contribution in [1.82, 2.24) is 19.5 Å².